The molecule has 5 nitrogen and oxygen atoms in total. The SMILES string of the molecule is CCOc1cc(/C=N\NCc2c(Cl)cccc2Cl)ccc1OCc1ccccc1C#N. The van der Waals surface area contributed by atoms with E-state index in [-0.39, 0.29) is 6.61 Å². The molecule has 0 bridgehead atoms. The van der Waals surface area contributed by atoms with Crippen LogP contribution in [-0.4, -0.2) is 12.8 Å². The van der Waals surface area contributed by atoms with Gasteiger partial charge in [0.2, 0.25) is 0 Å². The Labute approximate surface area is 191 Å². The van der Waals surface area contributed by atoms with Crippen LogP contribution in [0.15, 0.2) is 65.8 Å². The lowest BCUT2D eigenvalue weighted by molar-refractivity contribution is 0.269. The van der Waals surface area contributed by atoms with E-state index in [1.165, 1.54) is 0 Å². The average molecular weight is 454 g/mol. The molecule has 0 heterocycles. The minimum absolute atomic E-state index is 0.275. The molecule has 0 saturated heterocycles. The van der Waals surface area contributed by atoms with Gasteiger partial charge in [-0.05, 0) is 48.9 Å². The molecule has 3 aromatic carbocycles. The van der Waals surface area contributed by atoms with E-state index in [0.717, 1.165) is 16.7 Å². The third kappa shape index (κ3) is 6.14. The van der Waals surface area contributed by atoms with Crippen LogP contribution < -0.4 is 14.9 Å². The van der Waals surface area contributed by atoms with Gasteiger partial charge in [-0.2, -0.15) is 10.4 Å². The van der Waals surface area contributed by atoms with Gasteiger partial charge >= 0.3 is 0 Å². The first kappa shape index (κ1) is 22.5. The van der Waals surface area contributed by atoms with Crippen LogP contribution in [0.1, 0.15) is 29.2 Å². The molecule has 0 spiro atoms. The summed E-state index contributed by atoms with van der Waals surface area (Å²) in [7, 11) is 0. The molecule has 1 N–H and O–H groups in total. The van der Waals surface area contributed by atoms with E-state index >= 15 is 0 Å². The Balaban J connectivity index is 1.67. The van der Waals surface area contributed by atoms with E-state index in [4.69, 9.17) is 32.7 Å². The first-order valence-corrected chi connectivity index (χ1v) is 10.4. The van der Waals surface area contributed by atoms with Crippen LogP contribution in [0.4, 0.5) is 0 Å². The van der Waals surface area contributed by atoms with Gasteiger partial charge in [0.15, 0.2) is 11.5 Å². The van der Waals surface area contributed by atoms with Crippen LogP contribution in [0.3, 0.4) is 0 Å². The molecule has 0 aliphatic heterocycles. The molecule has 0 aromatic heterocycles. The number of nitrogens with zero attached hydrogens (tertiary/aromatic N) is 2. The highest BCUT2D eigenvalue weighted by molar-refractivity contribution is 6.35. The summed E-state index contributed by atoms with van der Waals surface area (Å²) in [5.41, 5.74) is 6.00. The average Bonchev–Trinajstić information content (AvgIpc) is 2.78. The van der Waals surface area contributed by atoms with Gasteiger partial charge in [0.1, 0.15) is 6.61 Å². The standard InChI is InChI=1S/C24H21Cl2N3O2/c1-2-30-24-12-17(14-28-29-15-20-21(25)8-5-9-22(20)26)10-11-23(24)31-16-19-7-4-3-6-18(19)13-27/h3-12,14,29H,2,15-16H2,1H3/b28-14-. The summed E-state index contributed by atoms with van der Waals surface area (Å²) in [4.78, 5) is 0. The molecule has 0 amide bonds. The maximum atomic E-state index is 9.23. The summed E-state index contributed by atoms with van der Waals surface area (Å²) in [6.45, 7) is 3.09. The predicted molar refractivity (Wildman–Crippen MR) is 124 cm³/mol. The Morgan fingerprint density at radius 3 is 2.52 bits per heavy atom. The first-order chi connectivity index (χ1) is 15.1. The Morgan fingerprint density at radius 1 is 1.00 bits per heavy atom. The largest absolute Gasteiger partial charge is 0.490 e. The third-order valence-electron chi connectivity index (χ3n) is 4.41. The second-order valence-electron chi connectivity index (χ2n) is 6.49. The van der Waals surface area contributed by atoms with E-state index in [1.54, 1.807) is 30.5 Å². The van der Waals surface area contributed by atoms with Crippen LogP contribution in [0.2, 0.25) is 10.0 Å². The molecule has 31 heavy (non-hydrogen) atoms. The predicted octanol–water partition coefficient (Wildman–Crippen LogP) is 5.97. The molecule has 158 valence electrons. The summed E-state index contributed by atoms with van der Waals surface area (Å²) < 4.78 is 11.6. The lowest BCUT2D eigenvalue weighted by Gasteiger charge is -2.13. The van der Waals surface area contributed by atoms with Crippen molar-refractivity contribution in [2.75, 3.05) is 6.61 Å². The molecule has 7 heteroatoms. The fourth-order valence-corrected chi connectivity index (χ4v) is 3.38. The Kier molecular flexibility index (Phi) is 8.17. The molecule has 0 radical (unpaired) electrons. The fraction of sp³-hybridized carbons (Fsp3) is 0.167. The van der Waals surface area contributed by atoms with Crippen LogP contribution in [0.5, 0.6) is 11.5 Å². The maximum absolute atomic E-state index is 9.23. The number of hydrazone groups is 1. The topological polar surface area (TPSA) is 66.6 Å². The summed E-state index contributed by atoms with van der Waals surface area (Å²) >= 11 is 12.3. The minimum atomic E-state index is 0.275. The van der Waals surface area contributed by atoms with Crippen molar-refractivity contribution in [1.29, 1.82) is 5.26 Å². The summed E-state index contributed by atoms with van der Waals surface area (Å²) in [6.07, 6.45) is 1.68. The number of nitriles is 1. The zero-order chi connectivity index (χ0) is 22.1. The zero-order valence-corrected chi connectivity index (χ0v) is 18.5. The minimum Gasteiger partial charge on any atom is -0.490 e. The molecular formula is C24H21Cl2N3O2. The number of nitrogens with one attached hydrogen (secondary N) is 1. The smallest absolute Gasteiger partial charge is 0.161 e. The molecule has 0 aliphatic rings. The molecule has 0 saturated carbocycles. The van der Waals surface area contributed by atoms with E-state index in [9.17, 15) is 5.26 Å². The zero-order valence-electron chi connectivity index (χ0n) is 16.9. The number of benzene rings is 3. The summed E-state index contributed by atoms with van der Waals surface area (Å²) in [5, 5.41) is 14.7. The van der Waals surface area contributed by atoms with Gasteiger partial charge in [-0.25, -0.2) is 0 Å². The van der Waals surface area contributed by atoms with Gasteiger partial charge in [0.25, 0.3) is 0 Å². The quantitative estimate of drug-likeness (QED) is 0.320. The van der Waals surface area contributed by atoms with Gasteiger partial charge in [-0.3, -0.25) is 0 Å². The van der Waals surface area contributed by atoms with Crippen LogP contribution in [0.25, 0.3) is 0 Å². The van der Waals surface area contributed by atoms with Crippen molar-refractivity contribution in [2.45, 2.75) is 20.1 Å². The normalized spacial score (nSPS) is 10.6. The number of halogens is 2. The van der Waals surface area contributed by atoms with Crippen molar-refractivity contribution < 1.29 is 9.47 Å². The van der Waals surface area contributed by atoms with Gasteiger partial charge < -0.3 is 14.9 Å². The van der Waals surface area contributed by atoms with Crippen molar-refractivity contribution in [2.24, 2.45) is 5.10 Å². The number of hydrogen-bond donors (Lipinski definition) is 1. The molecular weight excluding hydrogens is 433 g/mol. The van der Waals surface area contributed by atoms with Crippen molar-refractivity contribution in [3.8, 4) is 17.6 Å². The van der Waals surface area contributed by atoms with E-state index in [2.05, 4.69) is 16.6 Å². The highest BCUT2D eigenvalue weighted by Crippen LogP contribution is 2.29. The highest BCUT2D eigenvalue weighted by atomic mass is 35.5. The van der Waals surface area contributed by atoms with Crippen molar-refractivity contribution >= 4 is 29.4 Å². The Morgan fingerprint density at radius 2 is 1.77 bits per heavy atom. The Hall–Kier alpha value is -3.20. The molecule has 0 unspecified atom stereocenters. The van der Waals surface area contributed by atoms with Gasteiger partial charge in [0.05, 0.1) is 31.0 Å². The molecule has 0 fully saturated rings. The lowest BCUT2D eigenvalue weighted by atomic mass is 10.1. The molecule has 0 aliphatic carbocycles. The van der Waals surface area contributed by atoms with Crippen LogP contribution in [0, 0.1) is 11.3 Å². The fourth-order valence-electron chi connectivity index (χ4n) is 2.85. The first-order valence-electron chi connectivity index (χ1n) is 9.68. The van der Waals surface area contributed by atoms with Gasteiger partial charge in [-0.15, -0.1) is 0 Å². The molecule has 0 atom stereocenters. The van der Waals surface area contributed by atoms with E-state index in [1.807, 2.05) is 43.3 Å². The van der Waals surface area contributed by atoms with Crippen molar-refractivity contribution in [1.82, 2.24) is 5.43 Å². The molecule has 3 rings (SSSR count). The van der Waals surface area contributed by atoms with Gasteiger partial charge in [-0.1, -0.05) is 47.5 Å². The van der Waals surface area contributed by atoms with E-state index in [0.29, 0.717) is 40.3 Å². The second kappa shape index (κ2) is 11.3. The highest BCUT2D eigenvalue weighted by Gasteiger charge is 2.08. The summed E-state index contributed by atoms with van der Waals surface area (Å²) in [5.74, 6) is 1.21. The summed E-state index contributed by atoms with van der Waals surface area (Å²) in [6, 6.07) is 20.5. The number of rotatable bonds is 9. The monoisotopic (exact) mass is 453 g/mol. The molecule has 3 aromatic rings. The van der Waals surface area contributed by atoms with Gasteiger partial charge in [0, 0.05) is 21.2 Å². The lowest BCUT2D eigenvalue weighted by Crippen LogP contribution is -2.07. The van der Waals surface area contributed by atoms with Crippen LogP contribution >= 0.6 is 23.2 Å². The van der Waals surface area contributed by atoms with Crippen molar-refractivity contribution in [3.05, 3.63) is 93.0 Å². The van der Waals surface area contributed by atoms with Crippen molar-refractivity contribution in [3.63, 3.8) is 0 Å². The number of hydrogen-bond acceptors (Lipinski definition) is 5. The van der Waals surface area contributed by atoms with E-state index < -0.39 is 0 Å². The second-order valence-corrected chi connectivity index (χ2v) is 7.30. The number of ether oxygens (including phenoxy) is 2. The van der Waals surface area contributed by atoms with Crippen LogP contribution in [-0.2, 0) is 13.2 Å². The third-order valence-corrected chi connectivity index (χ3v) is 5.12. The maximum Gasteiger partial charge on any atom is 0.161 e. The Bertz CT molecular complexity index is 1090.